The average molecular weight is 423 g/mol. The van der Waals surface area contributed by atoms with Crippen LogP contribution in [-0.4, -0.2) is 39.9 Å². The number of pyridine rings is 1. The van der Waals surface area contributed by atoms with Crippen molar-refractivity contribution in [3.8, 4) is 5.75 Å². The molecule has 3 rings (SSSR count). The van der Waals surface area contributed by atoms with Crippen LogP contribution in [0.5, 0.6) is 5.75 Å². The number of fused-ring (bicyclic) bond motifs is 1. The minimum Gasteiger partial charge on any atom is -0.497 e. The second kappa shape index (κ2) is 10.3. The van der Waals surface area contributed by atoms with Crippen LogP contribution < -0.4 is 26.1 Å². The van der Waals surface area contributed by atoms with Gasteiger partial charge < -0.3 is 21.1 Å². The lowest BCUT2D eigenvalue weighted by molar-refractivity contribution is -0.468. The molecule has 8 nitrogen and oxygen atoms in total. The van der Waals surface area contributed by atoms with Gasteiger partial charge in [-0.05, 0) is 55.5 Å². The van der Waals surface area contributed by atoms with Crippen molar-refractivity contribution in [3.63, 3.8) is 0 Å². The zero-order valence-corrected chi connectivity index (χ0v) is 17.7. The maximum atomic E-state index is 5.82. The van der Waals surface area contributed by atoms with Gasteiger partial charge in [-0.3, -0.25) is 4.98 Å². The number of nitrogens with one attached hydrogen (secondary N) is 3. The molecule has 154 valence electrons. The van der Waals surface area contributed by atoms with Gasteiger partial charge in [-0.2, -0.15) is 0 Å². The third-order valence-corrected chi connectivity index (χ3v) is 4.43. The molecule has 0 unspecified atom stereocenters. The molecule has 30 heavy (non-hydrogen) atoms. The highest BCUT2D eigenvalue weighted by atomic mass is 32.1. The molecule has 0 fully saturated rings. The zero-order valence-electron chi connectivity index (χ0n) is 16.8. The number of methoxy groups -OCH3 is 1. The second-order valence-electron chi connectivity index (χ2n) is 6.27. The molecule has 0 bridgehead atoms. The van der Waals surface area contributed by atoms with Gasteiger partial charge >= 0.3 is 0 Å². The van der Waals surface area contributed by atoms with E-state index in [2.05, 4.69) is 30.6 Å². The molecule has 5 N–H and O–H groups in total. The van der Waals surface area contributed by atoms with E-state index in [1.165, 1.54) is 6.20 Å². The van der Waals surface area contributed by atoms with Crippen LogP contribution in [0.4, 0.5) is 5.82 Å². The predicted molar refractivity (Wildman–Crippen MR) is 123 cm³/mol. The van der Waals surface area contributed by atoms with E-state index < -0.39 is 0 Å². The fourth-order valence-electron chi connectivity index (χ4n) is 2.66. The first-order chi connectivity index (χ1) is 14.6. The first-order valence-electron chi connectivity index (χ1n) is 9.43. The molecule has 2 heterocycles. The Morgan fingerprint density at radius 3 is 2.70 bits per heavy atom. The van der Waals surface area contributed by atoms with Crippen LogP contribution in [0.25, 0.3) is 16.7 Å². The standard InChI is InChI=1S/C21H23N7OS/c1-3-24-21(30)28-19-9-8-17-20(27-19)26-18(13-25-17)15(10-22)12-23-11-14-4-6-16(29-2)7-5-14/h4-10,12-13H,3,11,22H2,1-2H3,(H2,24,26,27,28,30)/p+1. The van der Waals surface area contributed by atoms with E-state index in [1.54, 1.807) is 13.3 Å². The average Bonchev–Trinajstić information content (AvgIpc) is 2.77. The Morgan fingerprint density at radius 1 is 1.20 bits per heavy atom. The summed E-state index contributed by atoms with van der Waals surface area (Å²) in [4.78, 5) is 16.8. The number of hydrogen-bond donors (Lipinski definition) is 4. The smallest absolute Gasteiger partial charge is 0.180 e. The number of nitrogens with two attached hydrogens (primary N) is 1. The summed E-state index contributed by atoms with van der Waals surface area (Å²) in [7, 11) is 1.65. The van der Waals surface area contributed by atoms with Crippen LogP contribution in [0, 0.1) is 0 Å². The SMILES string of the molecule is CCNC(=S)Nc1ccc2ncc(C(C=[NH+]Cc3ccc(OC)cc3)=CN)nc2n1. The molecule has 0 aliphatic heterocycles. The monoisotopic (exact) mass is 422 g/mol. The van der Waals surface area contributed by atoms with Crippen LogP contribution >= 0.6 is 12.2 Å². The van der Waals surface area contributed by atoms with Crippen molar-refractivity contribution in [1.82, 2.24) is 20.3 Å². The minimum absolute atomic E-state index is 0.500. The van der Waals surface area contributed by atoms with Gasteiger partial charge in [-0.25, -0.2) is 15.0 Å². The Bertz CT molecular complexity index is 1080. The summed E-state index contributed by atoms with van der Waals surface area (Å²) < 4.78 is 5.17. The Balaban J connectivity index is 1.76. The summed E-state index contributed by atoms with van der Waals surface area (Å²) in [6.07, 6.45) is 4.96. The van der Waals surface area contributed by atoms with E-state index in [1.807, 2.05) is 49.5 Å². The number of aromatic nitrogens is 3. The summed E-state index contributed by atoms with van der Waals surface area (Å²) in [6, 6.07) is 11.5. The fraction of sp³-hybridized carbons (Fsp3) is 0.190. The maximum absolute atomic E-state index is 5.82. The summed E-state index contributed by atoms with van der Waals surface area (Å²) in [5.74, 6) is 1.42. The number of ether oxygens (including phenoxy) is 1. The van der Waals surface area contributed by atoms with Crippen LogP contribution in [-0.2, 0) is 6.54 Å². The molecule has 0 radical (unpaired) electrons. The highest BCUT2D eigenvalue weighted by Gasteiger charge is 2.08. The molecule has 2 aromatic heterocycles. The molecule has 0 aliphatic rings. The largest absolute Gasteiger partial charge is 0.497 e. The van der Waals surface area contributed by atoms with Crippen LogP contribution in [0.1, 0.15) is 18.2 Å². The lowest BCUT2D eigenvalue weighted by atomic mass is 10.2. The molecule has 1 aromatic carbocycles. The number of hydrogen-bond acceptors (Lipinski definition) is 6. The number of benzene rings is 1. The van der Waals surface area contributed by atoms with Gasteiger partial charge in [0.25, 0.3) is 0 Å². The summed E-state index contributed by atoms with van der Waals surface area (Å²) >= 11 is 5.20. The van der Waals surface area contributed by atoms with Gasteiger partial charge in [0, 0.05) is 18.3 Å². The van der Waals surface area contributed by atoms with Crippen molar-refractivity contribution in [2.45, 2.75) is 13.5 Å². The fourth-order valence-corrected chi connectivity index (χ4v) is 2.91. The zero-order chi connectivity index (χ0) is 21.3. The maximum Gasteiger partial charge on any atom is 0.180 e. The minimum atomic E-state index is 0.500. The van der Waals surface area contributed by atoms with Crippen molar-refractivity contribution in [2.75, 3.05) is 19.0 Å². The molecule has 0 spiro atoms. The van der Waals surface area contributed by atoms with Gasteiger partial charge in [0.15, 0.2) is 23.5 Å². The molecule has 0 atom stereocenters. The number of thiocarbonyl (C=S) groups is 1. The van der Waals surface area contributed by atoms with E-state index in [9.17, 15) is 0 Å². The summed E-state index contributed by atoms with van der Waals surface area (Å²) in [6.45, 7) is 3.34. The van der Waals surface area contributed by atoms with E-state index in [4.69, 9.17) is 22.7 Å². The molecule has 9 heteroatoms. The molecular weight excluding hydrogens is 398 g/mol. The topological polar surface area (TPSA) is 112 Å². The first kappa shape index (κ1) is 21.1. The first-order valence-corrected chi connectivity index (χ1v) is 9.84. The van der Waals surface area contributed by atoms with Gasteiger partial charge in [0.2, 0.25) is 0 Å². The van der Waals surface area contributed by atoms with Gasteiger partial charge in [0.1, 0.15) is 17.1 Å². The van der Waals surface area contributed by atoms with Gasteiger partial charge in [0.05, 0.1) is 24.6 Å². The summed E-state index contributed by atoms with van der Waals surface area (Å²) in [5.41, 5.74) is 9.44. The van der Waals surface area contributed by atoms with Crippen molar-refractivity contribution in [3.05, 3.63) is 60.1 Å². The summed E-state index contributed by atoms with van der Waals surface area (Å²) in [5, 5.41) is 6.56. The molecular formula is C21H24N7OS+. The highest BCUT2D eigenvalue weighted by Crippen LogP contribution is 2.14. The van der Waals surface area contributed by atoms with Crippen molar-refractivity contribution in [1.29, 1.82) is 0 Å². The number of anilines is 1. The number of allylic oxidation sites excluding steroid dienone is 1. The van der Waals surface area contributed by atoms with E-state index >= 15 is 0 Å². The van der Waals surface area contributed by atoms with E-state index in [-0.39, 0.29) is 0 Å². The lowest BCUT2D eigenvalue weighted by Gasteiger charge is -2.08. The quantitative estimate of drug-likeness (QED) is 0.329. The molecule has 0 saturated carbocycles. The Morgan fingerprint density at radius 2 is 2.00 bits per heavy atom. The third-order valence-electron chi connectivity index (χ3n) is 4.18. The number of nitrogens with zero attached hydrogens (tertiary/aromatic N) is 3. The molecule has 3 aromatic rings. The van der Waals surface area contributed by atoms with Gasteiger partial charge in [-0.15, -0.1) is 0 Å². The Labute approximate surface area is 180 Å². The Hall–Kier alpha value is -3.59. The lowest BCUT2D eigenvalue weighted by Crippen LogP contribution is -2.67. The van der Waals surface area contributed by atoms with Crippen LogP contribution in [0.2, 0.25) is 0 Å². The normalized spacial score (nSPS) is 11.6. The van der Waals surface area contributed by atoms with Crippen molar-refractivity contribution < 1.29 is 9.73 Å². The van der Waals surface area contributed by atoms with Crippen LogP contribution in [0.3, 0.4) is 0 Å². The Kier molecular flexibility index (Phi) is 7.23. The molecule has 0 aliphatic carbocycles. The van der Waals surface area contributed by atoms with Gasteiger partial charge in [-0.1, -0.05) is 0 Å². The second-order valence-corrected chi connectivity index (χ2v) is 6.68. The highest BCUT2D eigenvalue weighted by molar-refractivity contribution is 7.80. The van der Waals surface area contributed by atoms with E-state index in [0.717, 1.165) is 17.9 Å². The third kappa shape index (κ3) is 5.48. The molecule has 0 amide bonds. The van der Waals surface area contributed by atoms with Crippen LogP contribution in [0.15, 0.2) is 48.8 Å². The molecule has 0 saturated heterocycles. The number of rotatable bonds is 7. The van der Waals surface area contributed by atoms with Crippen molar-refractivity contribution >= 4 is 46.1 Å². The predicted octanol–water partition coefficient (Wildman–Crippen LogP) is 0.991. The van der Waals surface area contributed by atoms with E-state index in [0.29, 0.717) is 39.9 Å². The van der Waals surface area contributed by atoms with Crippen molar-refractivity contribution in [2.24, 2.45) is 5.73 Å².